The largest absolute Gasteiger partial charge is 0.356 e. The second-order valence-electron chi connectivity index (χ2n) is 5.59. The van der Waals surface area contributed by atoms with Crippen LogP contribution in [0, 0.1) is 6.92 Å². The zero-order chi connectivity index (χ0) is 17.0. The Morgan fingerprint density at radius 3 is 2.64 bits per heavy atom. The Morgan fingerprint density at radius 2 is 1.96 bits per heavy atom. The minimum Gasteiger partial charge on any atom is -0.356 e. The first kappa shape index (κ1) is 21.8. The highest BCUT2D eigenvalue weighted by Crippen LogP contribution is 2.12. The number of guanidine groups is 1. The molecule has 0 aliphatic heterocycles. The van der Waals surface area contributed by atoms with Crippen LogP contribution in [-0.4, -0.2) is 41.6 Å². The average Bonchev–Trinajstić information content (AvgIpc) is 3.11. The summed E-state index contributed by atoms with van der Waals surface area (Å²) in [5.74, 6) is 2.98. The quantitative estimate of drug-likeness (QED) is 0.254. The molecule has 2 N–H and O–H groups in total. The van der Waals surface area contributed by atoms with E-state index in [0.29, 0.717) is 0 Å². The number of halogens is 1. The van der Waals surface area contributed by atoms with E-state index in [9.17, 15) is 0 Å². The Bertz CT molecular complexity index is 598. The molecule has 0 amide bonds. The van der Waals surface area contributed by atoms with Crippen LogP contribution in [-0.2, 0) is 12.3 Å². The second kappa shape index (κ2) is 13.0. The van der Waals surface area contributed by atoms with Crippen LogP contribution in [0.1, 0.15) is 17.5 Å². The number of aryl methyl sites for hydroxylation is 2. The lowest BCUT2D eigenvalue weighted by atomic mass is 10.2. The summed E-state index contributed by atoms with van der Waals surface area (Å²) in [5.41, 5.74) is 2.69. The fourth-order valence-corrected chi connectivity index (χ4v) is 3.04. The molecule has 0 saturated heterocycles. The van der Waals surface area contributed by atoms with Crippen LogP contribution in [0.15, 0.2) is 47.7 Å². The summed E-state index contributed by atoms with van der Waals surface area (Å²) < 4.78 is 1.94. The maximum Gasteiger partial charge on any atom is 0.191 e. The highest BCUT2D eigenvalue weighted by atomic mass is 127. The standard InChI is InChI=1S/C18H27N5S.HI/c1-16-5-7-17(8-6-16)15-24-14-11-21-18(19-2)20-9-3-12-23-13-4-10-22-23;/h4-8,10,13H,3,9,11-12,14-15H2,1-2H3,(H2,19,20,21);1H. The molecule has 25 heavy (non-hydrogen) atoms. The molecule has 1 aromatic heterocycles. The summed E-state index contributed by atoms with van der Waals surface area (Å²) >= 11 is 1.93. The van der Waals surface area contributed by atoms with E-state index in [2.05, 4.69) is 51.9 Å². The molecule has 0 unspecified atom stereocenters. The molecule has 2 aromatic rings. The van der Waals surface area contributed by atoms with Crippen LogP contribution in [0.3, 0.4) is 0 Å². The van der Waals surface area contributed by atoms with Crippen LogP contribution < -0.4 is 10.6 Å². The summed E-state index contributed by atoms with van der Waals surface area (Å²) in [6, 6.07) is 10.7. The van der Waals surface area contributed by atoms with E-state index >= 15 is 0 Å². The van der Waals surface area contributed by atoms with Crippen molar-refractivity contribution < 1.29 is 0 Å². The van der Waals surface area contributed by atoms with Gasteiger partial charge in [-0.2, -0.15) is 16.9 Å². The third-order valence-electron chi connectivity index (χ3n) is 3.57. The van der Waals surface area contributed by atoms with Gasteiger partial charge in [0.2, 0.25) is 0 Å². The third-order valence-corrected chi connectivity index (χ3v) is 4.60. The molecule has 0 bridgehead atoms. The molecule has 1 aromatic carbocycles. The molecule has 0 fully saturated rings. The number of aromatic nitrogens is 2. The summed E-state index contributed by atoms with van der Waals surface area (Å²) in [6.45, 7) is 4.84. The van der Waals surface area contributed by atoms with Crippen LogP contribution in [0.2, 0.25) is 0 Å². The number of thioether (sulfide) groups is 1. The number of nitrogens with zero attached hydrogens (tertiary/aromatic N) is 3. The molecule has 0 saturated carbocycles. The molecule has 2 rings (SSSR count). The Kier molecular flexibility index (Phi) is 11.4. The number of aliphatic imine (C=N–C) groups is 1. The smallest absolute Gasteiger partial charge is 0.191 e. The van der Waals surface area contributed by atoms with Gasteiger partial charge in [-0.25, -0.2) is 0 Å². The minimum absolute atomic E-state index is 0. The highest BCUT2D eigenvalue weighted by molar-refractivity contribution is 14.0. The van der Waals surface area contributed by atoms with Gasteiger partial charge in [-0.15, -0.1) is 24.0 Å². The second-order valence-corrected chi connectivity index (χ2v) is 6.69. The van der Waals surface area contributed by atoms with Crippen molar-refractivity contribution >= 4 is 41.7 Å². The molecular formula is C18H28IN5S. The highest BCUT2D eigenvalue weighted by Gasteiger charge is 1.98. The van der Waals surface area contributed by atoms with Crippen molar-refractivity contribution in [1.82, 2.24) is 20.4 Å². The number of nitrogens with one attached hydrogen (secondary N) is 2. The van der Waals surface area contributed by atoms with Crippen molar-refractivity contribution in [2.24, 2.45) is 4.99 Å². The zero-order valence-electron chi connectivity index (χ0n) is 14.9. The van der Waals surface area contributed by atoms with Crippen molar-refractivity contribution in [3.05, 3.63) is 53.9 Å². The van der Waals surface area contributed by atoms with Gasteiger partial charge in [-0.05, 0) is 25.0 Å². The first-order valence-electron chi connectivity index (χ1n) is 8.33. The van der Waals surface area contributed by atoms with Crippen molar-refractivity contribution in [3.63, 3.8) is 0 Å². The predicted molar refractivity (Wildman–Crippen MR) is 119 cm³/mol. The van der Waals surface area contributed by atoms with Crippen molar-refractivity contribution in [3.8, 4) is 0 Å². The maximum atomic E-state index is 4.25. The Hall–Kier alpha value is -1.22. The average molecular weight is 473 g/mol. The summed E-state index contributed by atoms with van der Waals surface area (Å²) in [5, 5.41) is 10.9. The zero-order valence-corrected chi connectivity index (χ0v) is 18.1. The van der Waals surface area contributed by atoms with Crippen LogP contribution >= 0.6 is 35.7 Å². The number of hydrogen-bond donors (Lipinski definition) is 2. The van der Waals surface area contributed by atoms with Crippen LogP contribution in [0.4, 0.5) is 0 Å². The fraction of sp³-hybridized carbons (Fsp3) is 0.444. The lowest BCUT2D eigenvalue weighted by molar-refractivity contribution is 0.570. The molecule has 138 valence electrons. The van der Waals surface area contributed by atoms with E-state index in [0.717, 1.165) is 43.5 Å². The van der Waals surface area contributed by atoms with Gasteiger partial charge in [0, 0.05) is 50.6 Å². The number of benzene rings is 1. The molecule has 0 aliphatic carbocycles. The van der Waals surface area contributed by atoms with E-state index < -0.39 is 0 Å². The molecule has 5 nitrogen and oxygen atoms in total. The van der Waals surface area contributed by atoms with E-state index in [1.54, 1.807) is 0 Å². The lowest BCUT2D eigenvalue weighted by Gasteiger charge is -2.11. The molecule has 7 heteroatoms. The summed E-state index contributed by atoms with van der Waals surface area (Å²) in [6.07, 6.45) is 4.81. The Labute approximate surface area is 172 Å². The molecular weight excluding hydrogens is 445 g/mol. The van der Waals surface area contributed by atoms with Gasteiger partial charge in [-0.1, -0.05) is 29.8 Å². The van der Waals surface area contributed by atoms with Crippen LogP contribution in [0.25, 0.3) is 0 Å². The topological polar surface area (TPSA) is 54.2 Å². The summed E-state index contributed by atoms with van der Waals surface area (Å²) in [4.78, 5) is 4.25. The normalized spacial score (nSPS) is 11.0. The molecule has 0 aliphatic rings. The van der Waals surface area contributed by atoms with Crippen molar-refractivity contribution in [2.45, 2.75) is 25.6 Å². The van der Waals surface area contributed by atoms with E-state index in [1.165, 1.54) is 11.1 Å². The van der Waals surface area contributed by atoms with Gasteiger partial charge in [0.15, 0.2) is 5.96 Å². The maximum absolute atomic E-state index is 4.25. The van der Waals surface area contributed by atoms with Gasteiger partial charge < -0.3 is 10.6 Å². The monoisotopic (exact) mass is 473 g/mol. The Morgan fingerprint density at radius 1 is 1.20 bits per heavy atom. The fourth-order valence-electron chi connectivity index (χ4n) is 2.22. The molecule has 0 atom stereocenters. The van der Waals surface area contributed by atoms with Gasteiger partial charge in [0.25, 0.3) is 0 Å². The van der Waals surface area contributed by atoms with Gasteiger partial charge in [0.05, 0.1) is 0 Å². The van der Waals surface area contributed by atoms with E-state index in [4.69, 9.17) is 0 Å². The number of hydrogen-bond acceptors (Lipinski definition) is 3. The first-order valence-corrected chi connectivity index (χ1v) is 9.48. The van der Waals surface area contributed by atoms with Crippen molar-refractivity contribution in [2.75, 3.05) is 25.9 Å². The van der Waals surface area contributed by atoms with E-state index in [1.807, 2.05) is 42.0 Å². The first-order chi connectivity index (χ1) is 11.8. The van der Waals surface area contributed by atoms with Crippen molar-refractivity contribution in [1.29, 1.82) is 0 Å². The number of rotatable bonds is 9. The van der Waals surface area contributed by atoms with E-state index in [-0.39, 0.29) is 24.0 Å². The SMILES string of the molecule is CN=C(NCCCn1cccn1)NCCSCc1ccc(C)cc1.I. The summed E-state index contributed by atoms with van der Waals surface area (Å²) in [7, 11) is 1.81. The molecule has 0 spiro atoms. The lowest BCUT2D eigenvalue weighted by Crippen LogP contribution is -2.39. The van der Waals surface area contributed by atoms with Gasteiger partial charge in [0.1, 0.15) is 0 Å². The van der Waals surface area contributed by atoms with Gasteiger partial charge in [-0.3, -0.25) is 9.67 Å². The third kappa shape index (κ3) is 9.15. The van der Waals surface area contributed by atoms with Crippen LogP contribution in [0.5, 0.6) is 0 Å². The molecule has 1 heterocycles. The molecule has 0 radical (unpaired) electrons. The predicted octanol–water partition coefficient (Wildman–Crippen LogP) is 3.30. The Balaban J connectivity index is 0.00000312. The minimum atomic E-state index is 0. The van der Waals surface area contributed by atoms with Gasteiger partial charge >= 0.3 is 0 Å².